The molecular weight excluding hydrogens is 383 g/mol. The van der Waals surface area contributed by atoms with Crippen molar-refractivity contribution in [3.05, 3.63) is 58.9 Å². The molecule has 2 aromatic rings. The predicted octanol–water partition coefficient (Wildman–Crippen LogP) is 2.37. The molecule has 0 aliphatic carbocycles. The highest BCUT2D eigenvalue weighted by Crippen LogP contribution is 2.22. The highest BCUT2D eigenvalue weighted by atomic mass is 32.2. The van der Waals surface area contributed by atoms with Crippen molar-refractivity contribution >= 4 is 27.4 Å². The average Bonchev–Trinajstić information content (AvgIpc) is 2.59. The maximum atomic E-state index is 14.4. The standard InChI is InChI=1S/C19H23FN4O3S/c1-12-4-5-13(2)14(8-12)9-19(24-18(21)11-27-3)23-17-7-6-15(10-16(17)20)28(22,25)26/h4-8,10H,9,11H2,1-3H3,(H2,21,23,24)(H2,22,25,26). The molecule has 0 saturated carbocycles. The first-order valence-electron chi connectivity index (χ1n) is 8.38. The Kier molecular flexibility index (Phi) is 7.00. The third kappa shape index (κ3) is 5.95. The fraction of sp³-hybridized carbons (Fsp3) is 0.263. The second kappa shape index (κ2) is 9.05. The number of methoxy groups -OCH3 is 1. The largest absolute Gasteiger partial charge is 0.385 e. The van der Waals surface area contributed by atoms with Crippen molar-refractivity contribution in [2.45, 2.75) is 25.2 Å². The van der Waals surface area contributed by atoms with Crippen LogP contribution in [-0.4, -0.2) is 33.8 Å². The van der Waals surface area contributed by atoms with Gasteiger partial charge in [0.1, 0.15) is 29.8 Å². The lowest BCUT2D eigenvalue weighted by atomic mass is 10.0. The van der Waals surface area contributed by atoms with E-state index in [1.807, 2.05) is 32.0 Å². The van der Waals surface area contributed by atoms with E-state index in [2.05, 4.69) is 9.98 Å². The zero-order valence-corrected chi connectivity index (χ0v) is 16.8. The summed E-state index contributed by atoms with van der Waals surface area (Å²) in [4.78, 5) is 8.17. The van der Waals surface area contributed by atoms with Crippen molar-refractivity contribution < 1.29 is 17.5 Å². The minimum Gasteiger partial charge on any atom is -0.385 e. The van der Waals surface area contributed by atoms with Crippen molar-refractivity contribution in [1.82, 2.24) is 0 Å². The van der Waals surface area contributed by atoms with E-state index < -0.39 is 15.8 Å². The Hall–Kier alpha value is -2.62. The second-order valence-electron chi connectivity index (χ2n) is 6.33. The van der Waals surface area contributed by atoms with E-state index in [9.17, 15) is 12.8 Å². The molecule has 0 radical (unpaired) electrons. The molecule has 0 heterocycles. The number of hydrogen-bond donors (Lipinski definition) is 2. The van der Waals surface area contributed by atoms with Crippen molar-refractivity contribution in [3.8, 4) is 0 Å². The van der Waals surface area contributed by atoms with Gasteiger partial charge < -0.3 is 10.5 Å². The van der Waals surface area contributed by atoms with Crippen LogP contribution >= 0.6 is 0 Å². The highest BCUT2D eigenvalue weighted by molar-refractivity contribution is 7.89. The van der Waals surface area contributed by atoms with Crippen LogP contribution in [0, 0.1) is 19.7 Å². The van der Waals surface area contributed by atoms with Gasteiger partial charge in [-0.1, -0.05) is 23.8 Å². The Morgan fingerprint density at radius 3 is 2.50 bits per heavy atom. The van der Waals surface area contributed by atoms with Crippen LogP contribution in [0.4, 0.5) is 10.1 Å². The highest BCUT2D eigenvalue weighted by Gasteiger charge is 2.13. The molecule has 7 nitrogen and oxygen atoms in total. The van der Waals surface area contributed by atoms with Gasteiger partial charge in [0, 0.05) is 13.5 Å². The average molecular weight is 406 g/mol. The first kappa shape index (κ1) is 21.7. The number of nitrogens with zero attached hydrogens (tertiary/aromatic N) is 2. The minimum absolute atomic E-state index is 0.0679. The van der Waals surface area contributed by atoms with E-state index in [0.29, 0.717) is 6.42 Å². The number of hydrogen-bond acceptors (Lipinski definition) is 4. The Labute approximate surface area is 164 Å². The smallest absolute Gasteiger partial charge is 0.238 e. The third-order valence-corrected chi connectivity index (χ3v) is 4.83. The maximum absolute atomic E-state index is 14.4. The van der Waals surface area contributed by atoms with Gasteiger partial charge in [-0.05, 0) is 43.2 Å². The summed E-state index contributed by atoms with van der Waals surface area (Å²) in [6.45, 7) is 4.02. The molecule has 150 valence electrons. The van der Waals surface area contributed by atoms with Gasteiger partial charge in [-0.3, -0.25) is 0 Å². The lowest BCUT2D eigenvalue weighted by Gasteiger charge is -2.09. The monoisotopic (exact) mass is 406 g/mol. The van der Waals surface area contributed by atoms with Crippen LogP contribution in [0.2, 0.25) is 0 Å². The number of rotatable bonds is 6. The van der Waals surface area contributed by atoms with Gasteiger partial charge in [0.15, 0.2) is 0 Å². The van der Waals surface area contributed by atoms with E-state index in [1.54, 1.807) is 0 Å². The molecule has 4 N–H and O–H groups in total. The molecule has 0 fully saturated rings. The normalized spacial score (nSPS) is 13.0. The van der Waals surface area contributed by atoms with Crippen LogP contribution in [0.5, 0.6) is 0 Å². The van der Waals surface area contributed by atoms with Crippen LogP contribution < -0.4 is 10.9 Å². The Bertz CT molecular complexity index is 1030. The topological polar surface area (TPSA) is 120 Å². The zero-order valence-electron chi connectivity index (χ0n) is 15.9. The number of sulfonamides is 1. The lowest BCUT2D eigenvalue weighted by molar-refractivity contribution is 0.244. The second-order valence-corrected chi connectivity index (χ2v) is 7.89. The molecule has 0 unspecified atom stereocenters. The maximum Gasteiger partial charge on any atom is 0.238 e. The number of halogens is 1. The van der Waals surface area contributed by atoms with Crippen LogP contribution in [0.1, 0.15) is 16.7 Å². The molecule has 0 saturated heterocycles. The fourth-order valence-electron chi connectivity index (χ4n) is 2.51. The summed E-state index contributed by atoms with van der Waals surface area (Å²) >= 11 is 0. The number of ether oxygens (including phenoxy) is 1. The predicted molar refractivity (Wildman–Crippen MR) is 108 cm³/mol. The van der Waals surface area contributed by atoms with Crippen molar-refractivity contribution in [2.75, 3.05) is 13.7 Å². The number of aryl methyl sites for hydroxylation is 2. The van der Waals surface area contributed by atoms with Gasteiger partial charge in [0.25, 0.3) is 0 Å². The quantitative estimate of drug-likeness (QED) is 0.565. The summed E-state index contributed by atoms with van der Waals surface area (Å²) in [5.41, 5.74) is 8.83. The van der Waals surface area contributed by atoms with Crippen LogP contribution in [0.15, 0.2) is 51.3 Å². The fourth-order valence-corrected chi connectivity index (χ4v) is 3.03. The molecular formula is C19H23FN4O3S. The van der Waals surface area contributed by atoms with E-state index in [4.69, 9.17) is 15.6 Å². The molecule has 0 bridgehead atoms. The first-order chi connectivity index (χ1) is 13.1. The minimum atomic E-state index is -4.01. The van der Waals surface area contributed by atoms with E-state index in [1.165, 1.54) is 19.2 Å². The zero-order chi connectivity index (χ0) is 20.9. The summed E-state index contributed by atoms with van der Waals surface area (Å²) in [6, 6.07) is 9.21. The number of nitrogens with two attached hydrogens (primary N) is 2. The first-order valence-corrected chi connectivity index (χ1v) is 9.93. The van der Waals surface area contributed by atoms with Gasteiger partial charge in [0.05, 0.1) is 4.90 Å². The molecule has 0 atom stereocenters. The van der Waals surface area contributed by atoms with E-state index >= 15 is 0 Å². The summed E-state index contributed by atoms with van der Waals surface area (Å²) in [6.07, 6.45) is 0.314. The van der Waals surface area contributed by atoms with Crippen LogP contribution in [0.25, 0.3) is 0 Å². The lowest BCUT2D eigenvalue weighted by Crippen LogP contribution is -2.20. The van der Waals surface area contributed by atoms with Crippen LogP contribution in [-0.2, 0) is 21.2 Å². The summed E-state index contributed by atoms with van der Waals surface area (Å²) < 4.78 is 42.1. The molecule has 2 aromatic carbocycles. The Balaban J connectivity index is 2.49. The summed E-state index contributed by atoms with van der Waals surface area (Å²) in [5.74, 6) is -0.371. The van der Waals surface area contributed by atoms with E-state index in [-0.39, 0.29) is 28.9 Å². The number of amidine groups is 2. The molecule has 0 aliphatic heterocycles. The molecule has 0 spiro atoms. The van der Waals surface area contributed by atoms with Gasteiger partial charge in [-0.25, -0.2) is 27.9 Å². The SMILES string of the molecule is COCC(N)=NC(Cc1cc(C)ccc1C)=Nc1ccc(S(N)(=O)=O)cc1F. The number of benzene rings is 2. The van der Waals surface area contributed by atoms with Crippen molar-refractivity contribution in [3.63, 3.8) is 0 Å². The van der Waals surface area contributed by atoms with Crippen molar-refractivity contribution in [1.29, 1.82) is 0 Å². The Morgan fingerprint density at radius 2 is 1.89 bits per heavy atom. The molecule has 9 heteroatoms. The molecule has 2 rings (SSSR count). The van der Waals surface area contributed by atoms with Crippen LogP contribution in [0.3, 0.4) is 0 Å². The number of primary sulfonamides is 1. The van der Waals surface area contributed by atoms with Gasteiger partial charge in [0.2, 0.25) is 10.0 Å². The molecule has 0 aromatic heterocycles. The molecule has 0 amide bonds. The van der Waals surface area contributed by atoms with Gasteiger partial charge in [-0.15, -0.1) is 0 Å². The van der Waals surface area contributed by atoms with Gasteiger partial charge in [-0.2, -0.15) is 0 Å². The summed E-state index contributed by atoms with van der Waals surface area (Å²) in [7, 11) is -2.53. The molecule has 28 heavy (non-hydrogen) atoms. The van der Waals surface area contributed by atoms with E-state index in [0.717, 1.165) is 22.8 Å². The number of aliphatic imine (C=N–C) groups is 2. The molecule has 0 aliphatic rings. The van der Waals surface area contributed by atoms with Crippen molar-refractivity contribution in [2.24, 2.45) is 20.9 Å². The third-order valence-electron chi connectivity index (χ3n) is 3.92. The summed E-state index contributed by atoms with van der Waals surface area (Å²) in [5, 5.41) is 5.03. The van der Waals surface area contributed by atoms with Gasteiger partial charge >= 0.3 is 0 Å². The Morgan fingerprint density at radius 1 is 1.18 bits per heavy atom.